The van der Waals surface area contributed by atoms with Gasteiger partial charge in [-0.2, -0.15) is 0 Å². The number of halogens is 1. The highest BCUT2D eigenvalue weighted by atomic mass is 35.5. The minimum absolute atomic E-state index is 0.0672. The van der Waals surface area contributed by atoms with Crippen molar-refractivity contribution in [1.29, 1.82) is 0 Å². The average Bonchev–Trinajstić information content (AvgIpc) is 3.19. The molecule has 2 aromatic carbocycles. The summed E-state index contributed by atoms with van der Waals surface area (Å²) < 4.78 is 4.58. The fraction of sp³-hybridized carbons (Fsp3) is 0.375. The van der Waals surface area contributed by atoms with E-state index < -0.39 is 12.1 Å². The number of benzene rings is 2. The Balaban J connectivity index is 1.52. The molecule has 2 aromatic rings. The van der Waals surface area contributed by atoms with Crippen LogP contribution in [0.3, 0.4) is 0 Å². The number of carbonyl (C=O) groups is 3. The van der Waals surface area contributed by atoms with E-state index >= 15 is 0 Å². The number of methoxy groups -OCH3 is 1. The lowest BCUT2D eigenvalue weighted by Gasteiger charge is -2.33. The van der Waals surface area contributed by atoms with Crippen molar-refractivity contribution in [1.82, 2.24) is 4.90 Å². The third-order valence-corrected chi connectivity index (χ3v) is 6.52. The van der Waals surface area contributed by atoms with Crippen LogP contribution in [-0.4, -0.2) is 42.0 Å². The molecule has 168 valence electrons. The van der Waals surface area contributed by atoms with E-state index in [4.69, 9.17) is 11.6 Å². The molecule has 7 nitrogen and oxygen atoms in total. The van der Waals surface area contributed by atoms with E-state index in [1.165, 1.54) is 7.11 Å². The van der Waals surface area contributed by atoms with Crippen LogP contribution in [0.5, 0.6) is 0 Å². The molecule has 1 saturated carbocycles. The highest BCUT2D eigenvalue weighted by Gasteiger charge is 2.47. The second-order valence-corrected chi connectivity index (χ2v) is 8.71. The molecule has 32 heavy (non-hydrogen) atoms. The summed E-state index contributed by atoms with van der Waals surface area (Å²) in [6.45, 7) is 0. The topological polar surface area (TPSA) is 87.7 Å². The summed E-state index contributed by atoms with van der Waals surface area (Å²) >= 11 is 6.11. The van der Waals surface area contributed by atoms with Crippen molar-refractivity contribution in [2.24, 2.45) is 5.92 Å². The number of rotatable bonds is 4. The van der Waals surface area contributed by atoms with Crippen molar-refractivity contribution in [3.8, 4) is 0 Å². The summed E-state index contributed by atoms with van der Waals surface area (Å²) in [4.78, 5) is 39.8. The molecule has 0 bridgehead atoms. The summed E-state index contributed by atoms with van der Waals surface area (Å²) in [5.74, 6) is -0.0302. The first-order chi connectivity index (χ1) is 15.5. The molecule has 0 spiro atoms. The lowest BCUT2D eigenvalue weighted by atomic mass is 9.84. The van der Waals surface area contributed by atoms with Gasteiger partial charge in [-0.25, -0.2) is 4.79 Å². The van der Waals surface area contributed by atoms with Gasteiger partial charge in [0.05, 0.1) is 7.11 Å². The number of amides is 3. The Hall–Kier alpha value is -3.06. The van der Waals surface area contributed by atoms with E-state index in [0.29, 0.717) is 34.3 Å². The van der Waals surface area contributed by atoms with Gasteiger partial charge in [-0.1, -0.05) is 30.5 Å². The molecule has 2 N–H and O–H groups in total. The van der Waals surface area contributed by atoms with Gasteiger partial charge in [0.2, 0.25) is 5.91 Å². The lowest BCUT2D eigenvalue weighted by Crippen LogP contribution is -2.47. The van der Waals surface area contributed by atoms with Gasteiger partial charge in [0.25, 0.3) is 5.91 Å². The van der Waals surface area contributed by atoms with Gasteiger partial charge in [0, 0.05) is 28.0 Å². The predicted molar refractivity (Wildman–Crippen MR) is 123 cm³/mol. The molecule has 4 rings (SSSR count). The smallest absolute Gasteiger partial charge is 0.411 e. The molecule has 0 aromatic heterocycles. The zero-order valence-corrected chi connectivity index (χ0v) is 18.6. The second-order valence-electron chi connectivity index (χ2n) is 8.27. The first-order valence-corrected chi connectivity index (χ1v) is 11.2. The first-order valence-electron chi connectivity index (χ1n) is 10.8. The Bertz CT molecular complexity index is 1010. The molecule has 3 unspecified atom stereocenters. The molecule has 3 amide bonds. The number of hydrogen-bond acceptors (Lipinski definition) is 4. The normalized spacial score (nSPS) is 22.1. The minimum Gasteiger partial charge on any atom is -0.453 e. The third-order valence-electron chi connectivity index (χ3n) is 6.28. The van der Waals surface area contributed by atoms with Crippen LogP contribution in [0, 0.1) is 5.92 Å². The number of carbonyl (C=O) groups excluding carboxylic acids is 3. The number of ether oxygens (including phenoxy) is 1. The van der Waals surface area contributed by atoms with Crippen LogP contribution in [0.15, 0.2) is 48.5 Å². The number of nitrogens with zero attached hydrogens (tertiary/aromatic N) is 1. The van der Waals surface area contributed by atoms with Gasteiger partial charge in [0.1, 0.15) is 6.04 Å². The summed E-state index contributed by atoms with van der Waals surface area (Å²) in [6, 6.07) is 13.2. The summed E-state index contributed by atoms with van der Waals surface area (Å²) in [5, 5.41) is 6.00. The Morgan fingerprint density at radius 1 is 1.00 bits per heavy atom. The maximum absolute atomic E-state index is 13.4. The average molecular weight is 456 g/mol. The Kier molecular flexibility index (Phi) is 6.65. The summed E-state index contributed by atoms with van der Waals surface area (Å²) in [7, 11) is 1.29. The maximum Gasteiger partial charge on any atom is 0.411 e. The fourth-order valence-electron chi connectivity index (χ4n) is 4.79. The van der Waals surface area contributed by atoms with Crippen LogP contribution in [0.1, 0.15) is 42.5 Å². The molecule has 1 saturated heterocycles. The van der Waals surface area contributed by atoms with Crippen molar-refractivity contribution < 1.29 is 19.1 Å². The van der Waals surface area contributed by atoms with E-state index in [1.54, 1.807) is 53.4 Å². The van der Waals surface area contributed by atoms with Crippen molar-refractivity contribution in [3.05, 3.63) is 59.1 Å². The molecule has 1 heterocycles. The number of likely N-dealkylation sites (tertiary alicyclic amines) is 1. The largest absolute Gasteiger partial charge is 0.453 e. The molecule has 8 heteroatoms. The van der Waals surface area contributed by atoms with E-state index in [-0.39, 0.29) is 17.9 Å². The van der Waals surface area contributed by atoms with Crippen LogP contribution in [-0.2, 0) is 9.53 Å². The van der Waals surface area contributed by atoms with Crippen molar-refractivity contribution in [3.63, 3.8) is 0 Å². The van der Waals surface area contributed by atoms with Crippen molar-refractivity contribution in [2.45, 2.75) is 44.2 Å². The van der Waals surface area contributed by atoms with Gasteiger partial charge < -0.3 is 15.0 Å². The Labute approximate surface area is 192 Å². The zero-order valence-electron chi connectivity index (χ0n) is 17.8. The van der Waals surface area contributed by atoms with Crippen LogP contribution in [0.25, 0.3) is 0 Å². The molecular formula is C24H26ClN3O4. The Morgan fingerprint density at radius 2 is 1.69 bits per heavy atom. The van der Waals surface area contributed by atoms with Gasteiger partial charge in [-0.05, 0) is 67.6 Å². The van der Waals surface area contributed by atoms with E-state index in [1.807, 2.05) is 0 Å². The molecular weight excluding hydrogens is 430 g/mol. The van der Waals surface area contributed by atoms with E-state index in [0.717, 1.165) is 25.7 Å². The summed E-state index contributed by atoms with van der Waals surface area (Å²) in [5.41, 5.74) is 1.65. The van der Waals surface area contributed by atoms with Gasteiger partial charge in [-0.15, -0.1) is 0 Å². The molecule has 1 aliphatic carbocycles. The van der Waals surface area contributed by atoms with Crippen LogP contribution in [0.2, 0.25) is 5.02 Å². The highest BCUT2D eigenvalue weighted by Crippen LogP contribution is 2.41. The molecule has 2 aliphatic rings. The monoisotopic (exact) mass is 455 g/mol. The van der Waals surface area contributed by atoms with Crippen LogP contribution in [0.4, 0.5) is 16.2 Å². The minimum atomic E-state index is -0.564. The number of nitrogens with one attached hydrogen (secondary N) is 2. The number of fused-ring (bicyclic) bond motifs is 1. The van der Waals surface area contributed by atoms with Gasteiger partial charge >= 0.3 is 6.09 Å². The number of anilines is 2. The number of hydrogen-bond donors (Lipinski definition) is 2. The van der Waals surface area contributed by atoms with Crippen molar-refractivity contribution >= 4 is 40.9 Å². The summed E-state index contributed by atoms with van der Waals surface area (Å²) in [6.07, 6.45) is 4.22. The molecule has 1 aliphatic heterocycles. The quantitative estimate of drug-likeness (QED) is 0.684. The zero-order chi connectivity index (χ0) is 22.7. The highest BCUT2D eigenvalue weighted by molar-refractivity contribution is 6.31. The van der Waals surface area contributed by atoms with Crippen molar-refractivity contribution in [2.75, 3.05) is 17.7 Å². The van der Waals surface area contributed by atoms with Crippen LogP contribution < -0.4 is 10.6 Å². The van der Waals surface area contributed by atoms with E-state index in [2.05, 4.69) is 15.4 Å². The molecule has 3 atom stereocenters. The standard InChI is InChI=1S/C24H26ClN3O4/c1-32-24(31)27-19-11-9-18(10-12-19)26-22(29)21-14-15-5-2-3-8-20(15)28(21)23(30)16-6-4-7-17(25)13-16/h4,6-7,9-13,15,20-21H,2-3,5,8,14H2,1H3,(H,26,29)(H,27,31). The maximum atomic E-state index is 13.4. The van der Waals surface area contributed by atoms with Gasteiger partial charge in [0.15, 0.2) is 0 Å². The lowest BCUT2D eigenvalue weighted by molar-refractivity contribution is -0.120. The Morgan fingerprint density at radius 3 is 2.38 bits per heavy atom. The first kappa shape index (κ1) is 22.1. The SMILES string of the molecule is COC(=O)Nc1ccc(NC(=O)C2CC3CCCCC3N2C(=O)c2cccc(Cl)c2)cc1. The fourth-order valence-corrected chi connectivity index (χ4v) is 4.98. The van der Waals surface area contributed by atoms with Crippen LogP contribution >= 0.6 is 11.6 Å². The molecule has 2 fully saturated rings. The van der Waals surface area contributed by atoms with Gasteiger partial charge in [-0.3, -0.25) is 14.9 Å². The third kappa shape index (κ3) is 4.72. The second kappa shape index (κ2) is 9.61. The van der Waals surface area contributed by atoms with E-state index in [9.17, 15) is 14.4 Å². The molecule has 0 radical (unpaired) electrons. The predicted octanol–water partition coefficient (Wildman–Crippen LogP) is 4.93.